The zero-order valence-electron chi connectivity index (χ0n) is 56.0. The van der Waals surface area contributed by atoms with Gasteiger partial charge in [-0.25, -0.2) is 0 Å². The second-order valence-electron chi connectivity index (χ2n) is 25.2. The van der Waals surface area contributed by atoms with Crippen LogP contribution in [0.1, 0.15) is 406 Å². The van der Waals surface area contributed by atoms with Crippen molar-refractivity contribution in [2.75, 3.05) is 13.2 Å². The first kappa shape index (κ1) is 80.4. The number of carbonyl (C=O) groups is 3. The molecule has 0 rings (SSSR count). The molecule has 0 saturated carbocycles. The highest BCUT2D eigenvalue weighted by Crippen LogP contribution is 2.19. The molecule has 0 spiro atoms. The molecule has 6 nitrogen and oxygen atoms in total. The molecule has 0 saturated heterocycles. The van der Waals surface area contributed by atoms with Crippen LogP contribution in [-0.2, 0) is 28.6 Å². The Bertz CT molecular complexity index is 1430. The summed E-state index contributed by atoms with van der Waals surface area (Å²) in [5.74, 6) is -0.872. The van der Waals surface area contributed by atoms with E-state index in [1.807, 2.05) is 0 Å². The smallest absolute Gasteiger partial charge is 0.306 e. The minimum absolute atomic E-state index is 0.0772. The van der Waals surface area contributed by atoms with E-state index in [0.29, 0.717) is 19.3 Å². The van der Waals surface area contributed by atoms with Crippen LogP contribution in [0.5, 0.6) is 0 Å². The lowest BCUT2D eigenvalue weighted by atomic mass is 10.0. The zero-order chi connectivity index (χ0) is 59.9. The Morgan fingerprint density at radius 1 is 0.241 bits per heavy atom. The van der Waals surface area contributed by atoms with Crippen molar-refractivity contribution in [3.63, 3.8) is 0 Å². The Labute approximate surface area is 518 Å². The maximum Gasteiger partial charge on any atom is 0.306 e. The van der Waals surface area contributed by atoms with E-state index in [1.165, 1.54) is 283 Å². The number of unbranched alkanes of at least 4 members (excludes halogenated alkanes) is 50. The van der Waals surface area contributed by atoms with Crippen LogP contribution in [0.15, 0.2) is 48.6 Å². The van der Waals surface area contributed by atoms with Crippen LogP contribution in [0.2, 0.25) is 0 Å². The highest BCUT2D eigenvalue weighted by molar-refractivity contribution is 5.71. The van der Waals surface area contributed by atoms with E-state index >= 15 is 0 Å². The maximum atomic E-state index is 13.0. The van der Waals surface area contributed by atoms with Crippen molar-refractivity contribution >= 4 is 17.9 Å². The zero-order valence-corrected chi connectivity index (χ0v) is 56.0. The fourth-order valence-corrected chi connectivity index (χ4v) is 11.2. The molecule has 486 valence electrons. The Morgan fingerprint density at radius 3 is 0.711 bits per heavy atom. The number of carbonyl (C=O) groups excluding carboxylic acids is 3. The van der Waals surface area contributed by atoms with Crippen molar-refractivity contribution in [2.24, 2.45) is 0 Å². The van der Waals surface area contributed by atoms with Gasteiger partial charge in [-0.15, -0.1) is 0 Å². The van der Waals surface area contributed by atoms with Crippen LogP contribution < -0.4 is 0 Å². The summed E-state index contributed by atoms with van der Waals surface area (Å²) in [7, 11) is 0. The first-order valence-electron chi connectivity index (χ1n) is 37.1. The van der Waals surface area contributed by atoms with Crippen LogP contribution in [-0.4, -0.2) is 37.2 Å². The topological polar surface area (TPSA) is 78.9 Å². The van der Waals surface area contributed by atoms with Gasteiger partial charge in [0.2, 0.25) is 0 Å². The molecule has 0 aliphatic heterocycles. The Balaban J connectivity index is 4.23. The second-order valence-corrected chi connectivity index (χ2v) is 25.2. The molecule has 0 bridgehead atoms. The molecule has 0 aliphatic carbocycles. The Kier molecular flexibility index (Phi) is 69.6. The number of ether oxygens (including phenoxy) is 3. The molecule has 1 unspecified atom stereocenters. The van der Waals surface area contributed by atoms with Crippen LogP contribution in [0.3, 0.4) is 0 Å². The van der Waals surface area contributed by atoms with Gasteiger partial charge in [-0.3, -0.25) is 14.4 Å². The van der Waals surface area contributed by atoms with E-state index in [9.17, 15) is 14.4 Å². The summed E-state index contributed by atoms with van der Waals surface area (Å²) in [6.45, 7) is 6.67. The van der Waals surface area contributed by atoms with Gasteiger partial charge in [0, 0.05) is 19.3 Å². The monoisotopic (exact) mass is 1160 g/mol. The van der Waals surface area contributed by atoms with E-state index in [1.54, 1.807) is 0 Å². The molecule has 0 radical (unpaired) electrons. The average molecular weight is 1160 g/mol. The fourth-order valence-electron chi connectivity index (χ4n) is 11.2. The van der Waals surface area contributed by atoms with Gasteiger partial charge in [0.1, 0.15) is 13.2 Å². The predicted molar refractivity (Wildman–Crippen MR) is 362 cm³/mol. The van der Waals surface area contributed by atoms with Crippen LogP contribution in [0.4, 0.5) is 0 Å². The number of allylic oxidation sites excluding steroid dienone is 8. The minimum Gasteiger partial charge on any atom is -0.462 e. The van der Waals surface area contributed by atoms with E-state index in [-0.39, 0.29) is 31.1 Å². The van der Waals surface area contributed by atoms with Crippen molar-refractivity contribution in [3.8, 4) is 0 Å². The normalized spacial score (nSPS) is 12.3. The SMILES string of the molecule is CCCCC/C=C\C/C=C\C/C=C\CCCCCCCCC(=O)OC(COC(=O)CCCCCCC/C=C\CCCCCCCCC)COC(=O)CCCCCCCCCCCCCCCCCCCCCCCCCCCCCCCC. The summed E-state index contributed by atoms with van der Waals surface area (Å²) in [6, 6.07) is 0. The summed E-state index contributed by atoms with van der Waals surface area (Å²) >= 11 is 0. The number of hydrogen-bond acceptors (Lipinski definition) is 6. The fraction of sp³-hybridized carbons (Fsp3) is 0.857. The first-order valence-corrected chi connectivity index (χ1v) is 37.1. The van der Waals surface area contributed by atoms with Crippen molar-refractivity contribution < 1.29 is 28.6 Å². The lowest BCUT2D eigenvalue weighted by Crippen LogP contribution is -2.30. The number of rotatable bonds is 69. The van der Waals surface area contributed by atoms with Crippen LogP contribution in [0.25, 0.3) is 0 Å². The molecule has 83 heavy (non-hydrogen) atoms. The summed E-state index contributed by atoms with van der Waals surface area (Å²) in [4.78, 5) is 38.5. The van der Waals surface area contributed by atoms with Gasteiger partial charge in [-0.2, -0.15) is 0 Å². The predicted octanol–water partition coefficient (Wildman–Crippen LogP) is 25.7. The van der Waals surface area contributed by atoms with E-state index in [0.717, 1.165) is 83.5 Å². The van der Waals surface area contributed by atoms with Gasteiger partial charge < -0.3 is 14.2 Å². The summed E-state index contributed by atoms with van der Waals surface area (Å²) in [5.41, 5.74) is 0. The van der Waals surface area contributed by atoms with E-state index in [4.69, 9.17) is 14.2 Å². The second kappa shape index (κ2) is 71.8. The summed E-state index contributed by atoms with van der Waals surface area (Å²) < 4.78 is 17.0. The van der Waals surface area contributed by atoms with Crippen molar-refractivity contribution in [2.45, 2.75) is 412 Å². The highest BCUT2D eigenvalue weighted by atomic mass is 16.6. The third-order valence-electron chi connectivity index (χ3n) is 16.8. The Hall–Kier alpha value is -2.63. The lowest BCUT2D eigenvalue weighted by molar-refractivity contribution is -0.167. The minimum atomic E-state index is -0.784. The molecule has 0 N–H and O–H groups in total. The molecule has 0 aromatic carbocycles. The van der Waals surface area contributed by atoms with Gasteiger partial charge >= 0.3 is 17.9 Å². The lowest BCUT2D eigenvalue weighted by Gasteiger charge is -2.18. The molecular weight excluding hydrogens is 1020 g/mol. The quantitative estimate of drug-likeness (QED) is 0.0261. The maximum absolute atomic E-state index is 13.0. The summed E-state index contributed by atoms with van der Waals surface area (Å²) in [5, 5.41) is 0. The molecular formula is C77H142O6. The van der Waals surface area contributed by atoms with Crippen LogP contribution >= 0.6 is 0 Å². The third kappa shape index (κ3) is 70.0. The van der Waals surface area contributed by atoms with Gasteiger partial charge in [0.05, 0.1) is 0 Å². The van der Waals surface area contributed by atoms with Gasteiger partial charge in [-0.05, 0) is 83.5 Å². The van der Waals surface area contributed by atoms with Crippen LogP contribution in [0, 0.1) is 0 Å². The average Bonchev–Trinajstić information content (AvgIpc) is 3.49. The van der Waals surface area contributed by atoms with Crippen molar-refractivity contribution in [3.05, 3.63) is 48.6 Å². The largest absolute Gasteiger partial charge is 0.462 e. The van der Waals surface area contributed by atoms with E-state index < -0.39 is 6.10 Å². The molecule has 0 amide bonds. The number of esters is 3. The number of hydrogen-bond donors (Lipinski definition) is 0. The molecule has 0 aliphatic rings. The van der Waals surface area contributed by atoms with Gasteiger partial charge in [0.25, 0.3) is 0 Å². The van der Waals surface area contributed by atoms with Gasteiger partial charge in [-0.1, -0.05) is 352 Å². The third-order valence-corrected chi connectivity index (χ3v) is 16.8. The first-order chi connectivity index (χ1) is 41.0. The van der Waals surface area contributed by atoms with Gasteiger partial charge in [0.15, 0.2) is 6.10 Å². The molecule has 0 heterocycles. The molecule has 1 atom stereocenters. The molecule has 6 heteroatoms. The molecule has 0 aromatic rings. The molecule has 0 fully saturated rings. The van der Waals surface area contributed by atoms with Crippen molar-refractivity contribution in [1.29, 1.82) is 0 Å². The Morgan fingerprint density at radius 2 is 0.434 bits per heavy atom. The highest BCUT2D eigenvalue weighted by Gasteiger charge is 2.19. The van der Waals surface area contributed by atoms with Crippen molar-refractivity contribution in [1.82, 2.24) is 0 Å². The molecule has 0 aromatic heterocycles. The standard InChI is InChI=1S/C77H142O6/c1-4-7-10-13-16-19-22-25-28-31-33-34-35-36-37-38-39-40-41-42-43-45-46-49-52-55-58-61-64-67-70-76(79)82-73-74(72-81-75(78)69-66-63-60-57-54-51-48-30-27-24-21-18-15-12-9-6-3)83-77(80)71-68-65-62-59-56-53-50-47-44-32-29-26-23-20-17-14-11-8-5-2/h17,20,26,29-30,44,47-48,74H,4-16,18-19,21-25,27-28,31-43,45-46,49-73H2,1-3H3/b20-17-,29-26-,47-44-,48-30-. The van der Waals surface area contributed by atoms with E-state index in [2.05, 4.69) is 69.4 Å². The summed E-state index contributed by atoms with van der Waals surface area (Å²) in [6.07, 6.45) is 91.6.